The van der Waals surface area contributed by atoms with E-state index in [-0.39, 0.29) is 24.3 Å². The Labute approximate surface area is 239 Å². The molecule has 2 atom stereocenters. The number of carbonyl (C=O) groups is 4. The Balaban J connectivity index is 2.23. The number of ether oxygens (including phenoxy) is 4. The lowest BCUT2D eigenvalue weighted by atomic mass is 9.98. The van der Waals surface area contributed by atoms with Gasteiger partial charge in [0, 0.05) is 16.8 Å². The molecule has 0 aromatic heterocycles. The average molecular weight is 583 g/mol. The van der Waals surface area contributed by atoms with E-state index in [1.807, 2.05) is 0 Å². The van der Waals surface area contributed by atoms with Crippen molar-refractivity contribution in [1.29, 1.82) is 0 Å². The first kappa shape index (κ1) is 31.5. The third-order valence-electron chi connectivity index (χ3n) is 5.62. The molecule has 0 heterocycles. The van der Waals surface area contributed by atoms with E-state index in [4.69, 9.17) is 18.9 Å². The van der Waals surface area contributed by atoms with Crippen molar-refractivity contribution in [3.8, 4) is 0 Å². The van der Waals surface area contributed by atoms with Crippen molar-refractivity contribution in [3.05, 3.63) is 105 Å². The molecule has 3 rings (SSSR count). The first-order chi connectivity index (χ1) is 20.1. The molecule has 0 radical (unpaired) electrons. The zero-order valence-corrected chi connectivity index (χ0v) is 22.4. The highest BCUT2D eigenvalue weighted by molar-refractivity contribution is 5.94. The van der Waals surface area contributed by atoms with Crippen molar-refractivity contribution >= 4 is 35.3 Å². The number of anilines is 2. The van der Waals surface area contributed by atoms with Crippen LogP contribution in [0, 0.1) is 10.4 Å². The Morgan fingerprint density at radius 3 is 1.45 bits per heavy atom. The lowest BCUT2D eigenvalue weighted by molar-refractivity contribution is -0.154. The molecule has 0 aliphatic carbocycles. The molecular weight excluding hydrogens is 556 g/mol. The molecule has 0 aliphatic heterocycles. The second-order valence-corrected chi connectivity index (χ2v) is 8.32. The summed E-state index contributed by atoms with van der Waals surface area (Å²) in [5.41, 5.74) is -2.84. The molecule has 2 N–H and O–H groups in total. The SMILES string of the molecule is CCOC(=O)[C@@H](OC(=O)c1ccccc1)c1cc([C@H](OC(=O)c2ccccc2)C(=O)OCC)c(N(O)O)cc1N([O-])[O-]. The summed E-state index contributed by atoms with van der Waals surface area (Å²) in [6, 6.07) is 16.3. The second-order valence-electron chi connectivity index (χ2n) is 8.32. The van der Waals surface area contributed by atoms with Crippen LogP contribution in [0.3, 0.4) is 0 Å². The molecule has 0 unspecified atom stereocenters. The van der Waals surface area contributed by atoms with Gasteiger partial charge in [0.2, 0.25) is 12.2 Å². The normalized spacial score (nSPS) is 12.0. The Hall–Kier alpha value is -5.02. The molecule has 3 aromatic carbocycles. The van der Waals surface area contributed by atoms with Crippen molar-refractivity contribution in [2.75, 3.05) is 23.7 Å². The zero-order chi connectivity index (χ0) is 30.8. The van der Waals surface area contributed by atoms with Crippen molar-refractivity contribution < 1.29 is 48.5 Å². The lowest BCUT2D eigenvalue weighted by Crippen LogP contribution is -2.28. The van der Waals surface area contributed by atoms with E-state index < -0.39 is 69.0 Å². The predicted octanol–water partition coefficient (Wildman–Crippen LogP) is 4.00. The summed E-state index contributed by atoms with van der Waals surface area (Å²) in [6.45, 7) is 2.53. The van der Waals surface area contributed by atoms with E-state index in [1.54, 1.807) is 12.1 Å². The molecule has 222 valence electrons. The maximum absolute atomic E-state index is 13.0. The van der Waals surface area contributed by atoms with Crippen molar-refractivity contribution in [2.24, 2.45) is 0 Å². The van der Waals surface area contributed by atoms with Crippen LogP contribution in [0.2, 0.25) is 0 Å². The van der Waals surface area contributed by atoms with Gasteiger partial charge in [-0.25, -0.2) is 19.2 Å². The topological polar surface area (TPSA) is 198 Å². The van der Waals surface area contributed by atoms with Crippen LogP contribution in [0.15, 0.2) is 72.8 Å². The van der Waals surface area contributed by atoms with Crippen LogP contribution < -0.4 is 10.5 Å². The molecule has 0 saturated carbocycles. The van der Waals surface area contributed by atoms with E-state index in [0.717, 1.165) is 6.07 Å². The fourth-order valence-corrected chi connectivity index (χ4v) is 3.77. The summed E-state index contributed by atoms with van der Waals surface area (Å²) in [5.74, 6) is -4.46. The number of esters is 4. The summed E-state index contributed by atoms with van der Waals surface area (Å²) in [5, 5.41) is 42.5. The molecule has 42 heavy (non-hydrogen) atoms. The number of hydrogen-bond acceptors (Lipinski definition) is 14. The highest BCUT2D eigenvalue weighted by Crippen LogP contribution is 2.39. The highest BCUT2D eigenvalue weighted by atomic mass is 16.8. The van der Waals surface area contributed by atoms with Gasteiger partial charge in [-0.1, -0.05) is 36.4 Å². The Morgan fingerprint density at radius 1 is 0.690 bits per heavy atom. The fourth-order valence-electron chi connectivity index (χ4n) is 3.77. The number of benzene rings is 3. The monoisotopic (exact) mass is 582 g/mol. The molecule has 0 spiro atoms. The largest absolute Gasteiger partial charge is 0.769 e. The molecule has 0 bridgehead atoms. The Morgan fingerprint density at radius 2 is 1.10 bits per heavy atom. The third kappa shape index (κ3) is 7.58. The fraction of sp³-hybridized carbons (Fsp3) is 0.214. The van der Waals surface area contributed by atoms with Crippen LogP contribution in [0.4, 0.5) is 11.4 Å². The van der Waals surface area contributed by atoms with Crippen LogP contribution in [0.25, 0.3) is 0 Å². The van der Waals surface area contributed by atoms with Crippen LogP contribution in [-0.4, -0.2) is 47.5 Å². The summed E-state index contributed by atoms with van der Waals surface area (Å²) in [6.07, 6.45) is -4.09. The highest BCUT2D eigenvalue weighted by Gasteiger charge is 2.36. The van der Waals surface area contributed by atoms with E-state index in [9.17, 15) is 40.0 Å². The van der Waals surface area contributed by atoms with E-state index >= 15 is 0 Å². The van der Waals surface area contributed by atoms with E-state index in [0.29, 0.717) is 6.07 Å². The Kier molecular flexibility index (Phi) is 10.9. The van der Waals surface area contributed by atoms with Gasteiger partial charge in [-0.05, 0) is 50.2 Å². The molecule has 14 heteroatoms. The Bertz CT molecular complexity index is 1290. The van der Waals surface area contributed by atoms with Crippen LogP contribution in [0.5, 0.6) is 0 Å². The van der Waals surface area contributed by atoms with Crippen molar-refractivity contribution in [1.82, 2.24) is 0 Å². The summed E-state index contributed by atoms with van der Waals surface area (Å²) in [7, 11) is 0. The minimum atomic E-state index is -2.07. The van der Waals surface area contributed by atoms with Gasteiger partial charge in [0.05, 0.1) is 24.3 Å². The molecule has 0 aliphatic rings. The van der Waals surface area contributed by atoms with Gasteiger partial charge in [-0.2, -0.15) is 0 Å². The smallest absolute Gasteiger partial charge is 0.352 e. The second kappa shape index (κ2) is 14.6. The number of hydrogen-bond donors (Lipinski definition) is 2. The summed E-state index contributed by atoms with van der Waals surface area (Å²) < 4.78 is 20.7. The molecule has 0 fully saturated rings. The lowest BCUT2D eigenvalue weighted by Gasteiger charge is -2.40. The number of nitrogens with zero attached hydrogens (tertiary/aromatic N) is 2. The average Bonchev–Trinajstić information content (AvgIpc) is 2.98. The molecule has 3 aromatic rings. The predicted molar refractivity (Wildman–Crippen MR) is 144 cm³/mol. The molecular formula is C28H26N2O12-2. The van der Waals surface area contributed by atoms with Gasteiger partial charge in [-0.3, -0.25) is 10.4 Å². The van der Waals surface area contributed by atoms with Gasteiger partial charge in [-0.15, -0.1) is 5.23 Å². The van der Waals surface area contributed by atoms with E-state index in [2.05, 4.69) is 0 Å². The number of rotatable bonds is 12. The first-order valence-electron chi connectivity index (χ1n) is 12.4. The quantitative estimate of drug-likeness (QED) is 0.176. The van der Waals surface area contributed by atoms with Crippen LogP contribution >= 0.6 is 0 Å². The molecule has 0 saturated heterocycles. The van der Waals surface area contributed by atoms with Crippen LogP contribution in [-0.2, 0) is 28.5 Å². The molecule has 0 amide bonds. The minimum absolute atomic E-state index is 0.00405. The van der Waals surface area contributed by atoms with Gasteiger partial charge in [0.15, 0.2) is 0 Å². The van der Waals surface area contributed by atoms with Crippen LogP contribution in [0.1, 0.15) is 57.9 Å². The van der Waals surface area contributed by atoms with Crippen molar-refractivity contribution in [3.63, 3.8) is 0 Å². The van der Waals surface area contributed by atoms with Gasteiger partial charge >= 0.3 is 23.9 Å². The summed E-state index contributed by atoms with van der Waals surface area (Å²) >= 11 is 0. The van der Waals surface area contributed by atoms with E-state index in [1.165, 1.54) is 62.4 Å². The van der Waals surface area contributed by atoms with Gasteiger partial charge in [0.25, 0.3) is 0 Å². The summed E-state index contributed by atoms with van der Waals surface area (Å²) in [4.78, 5) is 51.7. The minimum Gasteiger partial charge on any atom is -0.769 e. The maximum atomic E-state index is 13.0. The molecule has 14 nitrogen and oxygen atoms in total. The van der Waals surface area contributed by atoms with Crippen molar-refractivity contribution in [2.45, 2.75) is 26.1 Å². The van der Waals surface area contributed by atoms with Gasteiger partial charge in [0.1, 0.15) is 5.69 Å². The number of carbonyl (C=O) groups excluding carboxylic acids is 4. The van der Waals surface area contributed by atoms with Gasteiger partial charge < -0.3 is 34.6 Å². The third-order valence-corrected chi connectivity index (χ3v) is 5.62. The maximum Gasteiger partial charge on any atom is 0.352 e. The first-order valence-corrected chi connectivity index (χ1v) is 12.4. The standard InChI is InChI=1S/C28H26N2O12/c1-3-39-27(33)23(41-25(31)17-11-7-5-8-12-17)19-15-20(22(30(37)38)16-21(19)29(35)36)24(28(34)40-4-2)42-26(32)18-13-9-6-10-14-18/h5-16,23-24,35-36H,3-4H2,1-2H3/q-2/t23-,24-/m0/s1. The zero-order valence-electron chi connectivity index (χ0n) is 22.4.